The number of rotatable bonds is 4. The van der Waals surface area contributed by atoms with E-state index in [2.05, 4.69) is 16.7 Å². The van der Waals surface area contributed by atoms with E-state index in [1.54, 1.807) is 26.8 Å². The number of carbonyl (C=O) groups is 4. The van der Waals surface area contributed by atoms with E-state index in [1.807, 2.05) is 0 Å². The smallest absolute Gasteiger partial charge is 0.321 e. The lowest BCUT2D eigenvalue weighted by atomic mass is 9.77. The maximum atomic E-state index is 15.2. The van der Waals surface area contributed by atoms with Crippen LogP contribution in [0.2, 0.25) is 0 Å². The fraction of sp³-hybridized carbons (Fsp3) is 0.645. The van der Waals surface area contributed by atoms with Gasteiger partial charge in [-0.15, -0.1) is 0 Å². The standard InChI is InChI=1S/C31H35F4N5O4/c1-29(2,3)24(38-27(43)30(4,34)35)26(42)39-12-17-14-8-16(20(33)9-14)21(17)23(39)25(41)40-13-31(10-15(40)11-36)18-6-5-7-19(32)22(18)37-28(31)44/h5-7,14-17,20-21,23-24H,8-10,12-13H2,1-4H3,(H,37,44)(H,38,43)/t14-,15-,16+,17+,20+,21?,23-,24+,31-/m0/s1. The summed E-state index contributed by atoms with van der Waals surface area (Å²) < 4.78 is 57.6. The number of anilines is 1. The van der Waals surface area contributed by atoms with Crippen LogP contribution >= 0.6 is 0 Å². The Morgan fingerprint density at radius 2 is 1.84 bits per heavy atom. The second-order valence-corrected chi connectivity index (χ2v) is 14.3. The molecule has 2 aliphatic carbocycles. The third-order valence-electron chi connectivity index (χ3n) is 10.6. The van der Waals surface area contributed by atoms with Crippen LogP contribution in [-0.2, 0) is 24.6 Å². The van der Waals surface area contributed by atoms with E-state index in [9.17, 15) is 37.6 Å². The Hall–Kier alpha value is -3.69. The number of amides is 4. The quantitative estimate of drug-likeness (QED) is 0.503. The zero-order valence-electron chi connectivity index (χ0n) is 24.9. The predicted octanol–water partition coefficient (Wildman–Crippen LogP) is 3.15. The first-order valence-electron chi connectivity index (χ1n) is 14.9. The maximum Gasteiger partial charge on any atom is 0.321 e. The lowest BCUT2D eigenvalue weighted by Crippen LogP contribution is -2.61. The van der Waals surface area contributed by atoms with E-state index < -0.39 is 82.3 Å². The number of likely N-dealkylation sites (tertiary alicyclic amines) is 2. The molecule has 0 aromatic heterocycles. The molecule has 2 N–H and O–H groups in total. The van der Waals surface area contributed by atoms with E-state index in [1.165, 1.54) is 21.9 Å². The van der Waals surface area contributed by atoms with Gasteiger partial charge in [0.05, 0.1) is 17.2 Å². The minimum absolute atomic E-state index is 0.00826. The van der Waals surface area contributed by atoms with Crippen LogP contribution < -0.4 is 10.6 Å². The van der Waals surface area contributed by atoms with Gasteiger partial charge in [-0.2, -0.15) is 14.0 Å². The third kappa shape index (κ3) is 4.38. The molecular formula is C31H35F4N5O4. The van der Waals surface area contributed by atoms with Crippen LogP contribution in [0.5, 0.6) is 0 Å². The van der Waals surface area contributed by atoms with Crippen LogP contribution in [-0.4, -0.2) is 76.7 Å². The first-order valence-corrected chi connectivity index (χ1v) is 14.9. The summed E-state index contributed by atoms with van der Waals surface area (Å²) in [6, 6.07) is 2.54. The summed E-state index contributed by atoms with van der Waals surface area (Å²) in [6.45, 7) is 5.05. The van der Waals surface area contributed by atoms with Gasteiger partial charge in [0, 0.05) is 26.4 Å². The lowest BCUT2D eigenvalue weighted by molar-refractivity contribution is -0.153. The Bertz CT molecular complexity index is 1480. The number of benzene rings is 1. The number of hydrogen-bond acceptors (Lipinski definition) is 5. The number of halogens is 4. The molecule has 3 aliphatic heterocycles. The predicted molar refractivity (Wildman–Crippen MR) is 148 cm³/mol. The highest BCUT2D eigenvalue weighted by atomic mass is 19.3. The number of nitrogens with zero attached hydrogens (tertiary/aromatic N) is 3. The molecule has 0 radical (unpaired) electrons. The van der Waals surface area contributed by atoms with Crippen molar-refractivity contribution < 1.29 is 36.7 Å². The Labute approximate surface area is 252 Å². The molecule has 236 valence electrons. The molecule has 44 heavy (non-hydrogen) atoms. The monoisotopic (exact) mass is 617 g/mol. The Balaban J connectivity index is 1.37. The SMILES string of the molecule is CC(F)(F)C(=O)N[C@H](C(=O)N1C[C@H]2C([C@H]1C(=O)N1C[C@]3(C[C@H]1C#N)C(=O)Nc1c(F)cccc13)[C@@H]1C[C@H]2C[C@H]1F)C(C)(C)C. The van der Waals surface area contributed by atoms with E-state index >= 15 is 4.39 Å². The first-order chi connectivity index (χ1) is 20.5. The normalized spacial score (nSPS) is 34.5. The van der Waals surface area contributed by atoms with Crippen molar-refractivity contribution in [2.45, 2.75) is 82.6 Å². The highest BCUT2D eigenvalue weighted by Gasteiger charge is 2.65. The van der Waals surface area contributed by atoms with Gasteiger partial charge in [0.25, 0.3) is 5.91 Å². The highest BCUT2D eigenvalue weighted by Crippen LogP contribution is 2.59. The zero-order valence-corrected chi connectivity index (χ0v) is 24.9. The maximum absolute atomic E-state index is 15.2. The average molecular weight is 618 g/mol. The molecule has 3 heterocycles. The molecule has 9 atom stereocenters. The molecule has 2 bridgehead atoms. The Morgan fingerprint density at radius 3 is 2.48 bits per heavy atom. The summed E-state index contributed by atoms with van der Waals surface area (Å²) in [5, 5.41) is 14.9. The second-order valence-electron chi connectivity index (χ2n) is 14.3. The number of nitriles is 1. The van der Waals surface area contributed by atoms with Gasteiger partial charge in [-0.05, 0) is 53.6 Å². The lowest BCUT2D eigenvalue weighted by Gasteiger charge is -2.39. The average Bonchev–Trinajstić information content (AvgIpc) is 3.73. The second kappa shape index (κ2) is 9.91. The third-order valence-corrected chi connectivity index (χ3v) is 10.6. The molecule has 1 spiro atoms. The largest absolute Gasteiger partial charge is 0.339 e. The topological polar surface area (TPSA) is 123 Å². The van der Waals surface area contributed by atoms with Crippen molar-refractivity contribution in [3.63, 3.8) is 0 Å². The molecule has 4 fully saturated rings. The number of carbonyl (C=O) groups excluding carboxylic acids is 4. The fourth-order valence-corrected chi connectivity index (χ4v) is 8.51. The summed E-state index contributed by atoms with van der Waals surface area (Å²) in [5.74, 6) is -9.39. The van der Waals surface area contributed by atoms with Crippen LogP contribution in [0.25, 0.3) is 0 Å². The van der Waals surface area contributed by atoms with Crippen molar-refractivity contribution in [2.24, 2.45) is 29.1 Å². The molecule has 1 unspecified atom stereocenters. The van der Waals surface area contributed by atoms with Crippen molar-refractivity contribution in [1.82, 2.24) is 15.1 Å². The summed E-state index contributed by atoms with van der Waals surface area (Å²) in [7, 11) is 0. The highest BCUT2D eigenvalue weighted by molar-refractivity contribution is 6.07. The molecule has 2 saturated carbocycles. The summed E-state index contributed by atoms with van der Waals surface area (Å²) in [4.78, 5) is 57.0. The summed E-state index contributed by atoms with van der Waals surface area (Å²) in [6.07, 6.45) is -0.441. The molecule has 5 aliphatic rings. The molecule has 6 rings (SSSR count). The minimum atomic E-state index is -3.76. The van der Waals surface area contributed by atoms with Crippen molar-refractivity contribution >= 4 is 29.3 Å². The van der Waals surface area contributed by atoms with Gasteiger partial charge in [0.1, 0.15) is 30.1 Å². The minimum Gasteiger partial charge on any atom is -0.339 e. The van der Waals surface area contributed by atoms with Crippen LogP contribution in [0.3, 0.4) is 0 Å². The van der Waals surface area contributed by atoms with Crippen molar-refractivity contribution in [3.05, 3.63) is 29.6 Å². The number of hydrogen-bond donors (Lipinski definition) is 2. The van der Waals surface area contributed by atoms with Crippen molar-refractivity contribution in [3.8, 4) is 6.07 Å². The number of fused-ring (bicyclic) bond motifs is 7. The van der Waals surface area contributed by atoms with Crippen molar-refractivity contribution in [2.75, 3.05) is 18.4 Å². The number of nitrogens with one attached hydrogen (secondary N) is 2. The van der Waals surface area contributed by atoms with Gasteiger partial charge in [-0.1, -0.05) is 32.9 Å². The molecular weight excluding hydrogens is 582 g/mol. The summed E-state index contributed by atoms with van der Waals surface area (Å²) >= 11 is 0. The van der Waals surface area contributed by atoms with E-state index in [0.29, 0.717) is 25.3 Å². The van der Waals surface area contributed by atoms with E-state index in [4.69, 9.17) is 0 Å². The Kier molecular flexibility index (Phi) is 6.83. The zero-order chi connectivity index (χ0) is 32.1. The van der Waals surface area contributed by atoms with Crippen LogP contribution in [0, 0.1) is 46.2 Å². The number of alkyl halides is 3. The van der Waals surface area contributed by atoms with Gasteiger partial charge in [-0.25, -0.2) is 8.78 Å². The van der Waals surface area contributed by atoms with Crippen LogP contribution in [0.15, 0.2) is 18.2 Å². The fourth-order valence-electron chi connectivity index (χ4n) is 8.51. The van der Waals surface area contributed by atoms with Gasteiger partial charge in [0.2, 0.25) is 17.7 Å². The Morgan fingerprint density at radius 1 is 1.14 bits per heavy atom. The van der Waals surface area contributed by atoms with Gasteiger partial charge >= 0.3 is 5.92 Å². The first kappa shape index (κ1) is 30.3. The van der Waals surface area contributed by atoms with Crippen molar-refractivity contribution in [1.29, 1.82) is 5.26 Å². The number of para-hydroxylation sites is 1. The van der Waals surface area contributed by atoms with Crippen LogP contribution in [0.1, 0.15) is 52.5 Å². The molecule has 13 heteroatoms. The van der Waals surface area contributed by atoms with E-state index in [0.717, 1.165) is 0 Å². The molecule has 4 amide bonds. The molecule has 9 nitrogen and oxygen atoms in total. The molecule has 1 aromatic carbocycles. The molecule has 1 aromatic rings. The summed E-state index contributed by atoms with van der Waals surface area (Å²) in [5.41, 5.74) is -2.11. The molecule has 2 saturated heterocycles. The van der Waals surface area contributed by atoms with E-state index in [-0.39, 0.29) is 37.0 Å². The van der Waals surface area contributed by atoms with Crippen LogP contribution in [0.4, 0.5) is 23.2 Å². The van der Waals surface area contributed by atoms with Gasteiger partial charge < -0.3 is 20.4 Å². The van der Waals surface area contributed by atoms with Gasteiger partial charge in [-0.3, -0.25) is 19.2 Å². The van der Waals surface area contributed by atoms with Gasteiger partial charge in [0.15, 0.2) is 0 Å².